The monoisotopic (exact) mass is 840 g/mol. The summed E-state index contributed by atoms with van der Waals surface area (Å²) in [6, 6.07) is 96.9. The third-order valence-electron chi connectivity index (χ3n) is 13.0. The molecule has 0 spiro atoms. The van der Waals surface area contributed by atoms with Crippen LogP contribution in [-0.4, -0.2) is 4.57 Å². The topological polar surface area (TPSA) is 8.17 Å². The molecule has 1 heterocycles. The molecule has 0 saturated carbocycles. The van der Waals surface area contributed by atoms with Gasteiger partial charge in [-0.2, -0.15) is 0 Å². The fourth-order valence-corrected chi connectivity index (χ4v) is 10.0. The van der Waals surface area contributed by atoms with Crippen LogP contribution in [0.25, 0.3) is 93.9 Å². The van der Waals surface area contributed by atoms with Crippen LogP contribution < -0.4 is 4.90 Å². The molecular weight excluding hydrogens is 797 g/mol. The average molecular weight is 841 g/mol. The maximum absolute atomic E-state index is 2.48. The van der Waals surface area contributed by atoms with Gasteiger partial charge in [0.25, 0.3) is 0 Å². The van der Waals surface area contributed by atoms with E-state index in [9.17, 15) is 0 Å². The molecule has 310 valence electrons. The molecule has 2 nitrogen and oxygen atoms in total. The van der Waals surface area contributed by atoms with E-state index >= 15 is 0 Å². The predicted octanol–water partition coefficient (Wildman–Crippen LogP) is 17.7. The Morgan fingerprint density at radius 1 is 0.288 bits per heavy atom. The highest BCUT2D eigenvalue weighted by atomic mass is 15.2. The molecular formula is C64H44N2. The molecule has 12 rings (SSSR count). The van der Waals surface area contributed by atoms with Gasteiger partial charge >= 0.3 is 0 Å². The zero-order chi connectivity index (χ0) is 43.8. The van der Waals surface area contributed by atoms with E-state index < -0.39 is 0 Å². The summed E-state index contributed by atoms with van der Waals surface area (Å²) < 4.78 is 2.44. The summed E-state index contributed by atoms with van der Waals surface area (Å²) in [5.41, 5.74) is 18.6. The first-order valence-electron chi connectivity index (χ1n) is 22.7. The van der Waals surface area contributed by atoms with E-state index in [1.54, 1.807) is 0 Å². The van der Waals surface area contributed by atoms with Gasteiger partial charge in [0.2, 0.25) is 0 Å². The van der Waals surface area contributed by atoms with E-state index in [1.807, 2.05) is 0 Å². The molecule has 0 atom stereocenters. The molecule has 66 heavy (non-hydrogen) atoms. The van der Waals surface area contributed by atoms with Gasteiger partial charge in [-0.05, 0) is 109 Å². The zero-order valence-corrected chi connectivity index (χ0v) is 36.3. The van der Waals surface area contributed by atoms with Crippen molar-refractivity contribution >= 4 is 49.6 Å². The number of para-hydroxylation sites is 4. The van der Waals surface area contributed by atoms with E-state index in [-0.39, 0.29) is 0 Å². The minimum atomic E-state index is 1.07. The summed E-state index contributed by atoms with van der Waals surface area (Å²) >= 11 is 0. The van der Waals surface area contributed by atoms with Crippen molar-refractivity contribution in [2.75, 3.05) is 4.90 Å². The van der Waals surface area contributed by atoms with Crippen molar-refractivity contribution in [1.82, 2.24) is 4.57 Å². The number of anilines is 3. The normalized spacial score (nSPS) is 11.3. The summed E-state index contributed by atoms with van der Waals surface area (Å²) in [6.45, 7) is 0. The number of aromatic nitrogens is 1. The van der Waals surface area contributed by atoms with E-state index in [0.717, 1.165) is 39.4 Å². The molecule has 1 aromatic heterocycles. The van der Waals surface area contributed by atoms with Crippen LogP contribution in [0.4, 0.5) is 17.1 Å². The molecule has 2 heteroatoms. The molecule has 0 aliphatic carbocycles. The zero-order valence-electron chi connectivity index (χ0n) is 36.3. The van der Waals surface area contributed by atoms with Gasteiger partial charge in [0.05, 0.1) is 22.4 Å². The maximum atomic E-state index is 2.48. The largest absolute Gasteiger partial charge is 0.308 e. The van der Waals surface area contributed by atoms with Gasteiger partial charge in [0, 0.05) is 27.7 Å². The highest BCUT2D eigenvalue weighted by molar-refractivity contribution is 6.15. The fourth-order valence-electron chi connectivity index (χ4n) is 10.0. The highest BCUT2D eigenvalue weighted by Crippen LogP contribution is 2.48. The van der Waals surface area contributed by atoms with Crippen molar-refractivity contribution in [3.63, 3.8) is 0 Å². The van der Waals surface area contributed by atoms with Crippen molar-refractivity contribution in [3.8, 4) is 61.3 Å². The lowest BCUT2D eigenvalue weighted by Gasteiger charge is -2.30. The van der Waals surface area contributed by atoms with E-state index in [0.29, 0.717) is 0 Å². The third kappa shape index (κ3) is 6.84. The molecule has 0 N–H and O–H groups in total. The predicted molar refractivity (Wildman–Crippen MR) is 280 cm³/mol. The van der Waals surface area contributed by atoms with Gasteiger partial charge in [-0.1, -0.05) is 218 Å². The van der Waals surface area contributed by atoms with Crippen LogP contribution in [-0.2, 0) is 0 Å². The van der Waals surface area contributed by atoms with Crippen LogP contribution in [0.2, 0.25) is 0 Å². The molecule has 0 unspecified atom stereocenters. The quantitative estimate of drug-likeness (QED) is 0.141. The Labute approximate surface area is 385 Å². The summed E-state index contributed by atoms with van der Waals surface area (Å²) in [4.78, 5) is 2.48. The van der Waals surface area contributed by atoms with Crippen LogP contribution in [0.3, 0.4) is 0 Å². The van der Waals surface area contributed by atoms with Crippen molar-refractivity contribution in [2.45, 2.75) is 0 Å². The molecule has 11 aromatic carbocycles. The van der Waals surface area contributed by atoms with Crippen molar-refractivity contribution in [3.05, 3.63) is 267 Å². The van der Waals surface area contributed by atoms with Gasteiger partial charge < -0.3 is 9.47 Å². The van der Waals surface area contributed by atoms with E-state index in [4.69, 9.17) is 0 Å². The molecule has 0 aliphatic rings. The number of fused-ring (bicyclic) bond motifs is 4. The Bertz CT molecular complexity index is 3660. The van der Waals surface area contributed by atoms with Crippen molar-refractivity contribution in [1.29, 1.82) is 0 Å². The van der Waals surface area contributed by atoms with Crippen molar-refractivity contribution < 1.29 is 0 Å². The lowest BCUT2D eigenvalue weighted by Crippen LogP contribution is -2.13. The first kappa shape index (κ1) is 38.9. The summed E-state index contributed by atoms with van der Waals surface area (Å²) in [7, 11) is 0. The van der Waals surface area contributed by atoms with Gasteiger partial charge in [0.15, 0.2) is 0 Å². The Morgan fingerprint density at radius 2 is 0.803 bits per heavy atom. The Morgan fingerprint density at radius 3 is 1.52 bits per heavy atom. The standard InChI is InChI=1S/C64H44N2/c1-5-20-46(21-6-1)53-43-40-50(44-59(53)48-24-9-3-10-25-48)45-38-41-52(42-39-45)65(62-37-19-34-58-56-31-14-16-36-61(56)66(64(58)62)51-28-11-4-12-29-51)60-35-15-13-30-55(60)57-33-18-27-49-26-17-32-54(63(49)57)47-22-7-2-8-23-47/h1-44H. The molecule has 0 fully saturated rings. The van der Waals surface area contributed by atoms with Gasteiger partial charge in [-0.25, -0.2) is 0 Å². The lowest BCUT2D eigenvalue weighted by molar-refractivity contribution is 1.17. The highest BCUT2D eigenvalue weighted by Gasteiger charge is 2.24. The second kappa shape index (κ2) is 16.8. The van der Waals surface area contributed by atoms with Crippen LogP contribution in [0.5, 0.6) is 0 Å². The number of hydrogen-bond acceptors (Lipinski definition) is 1. The summed E-state index contributed by atoms with van der Waals surface area (Å²) in [5.74, 6) is 0. The van der Waals surface area contributed by atoms with Gasteiger partial charge in [0.1, 0.15) is 0 Å². The molecule has 0 saturated heterocycles. The minimum Gasteiger partial charge on any atom is -0.308 e. The van der Waals surface area contributed by atoms with Gasteiger partial charge in [-0.15, -0.1) is 0 Å². The van der Waals surface area contributed by atoms with E-state index in [1.165, 1.54) is 71.6 Å². The third-order valence-corrected chi connectivity index (χ3v) is 13.0. The number of rotatable bonds is 9. The average Bonchev–Trinajstić information content (AvgIpc) is 3.75. The number of benzene rings is 11. The lowest BCUT2D eigenvalue weighted by atomic mass is 9.90. The van der Waals surface area contributed by atoms with Crippen LogP contribution in [0, 0.1) is 0 Å². The Balaban J connectivity index is 1.09. The first-order valence-corrected chi connectivity index (χ1v) is 22.7. The summed E-state index contributed by atoms with van der Waals surface area (Å²) in [5, 5.41) is 4.86. The number of nitrogens with zero attached hydrogens (tertiary/aromatic N) is 2. The molecule has 0 bridgehead atoms. The Kier molecular flexibility index (Phi) is 9.89. The SMILES string of the molecule is c1ccc(-c2ccc(-c3ccc(N(c4ccccc4-c4cccc5cccc(-c6ccccc6)c45)c4cccc5c6ccccc6n(-c6ccccc6)c45)cc3)cc2-c2ccccc2)cc1. The maximum Gasteiger partial charge on any atom is 0.0782 e. The van der Waals surface area contributed by atoms with Crippen molar-refractivity contribution in [2.24, 2.45) is 0 Å². The molecule has 12 aromatic rings. The minimum absolute atomic E-state index is 1.07. The molecule has 0 aliphatic heterocycles. The number of hydrogen-bond donors (Lipinski definition) is 0. The smallest absolute Gasteiger partial charge is 0.0782 e. The second-order valence-electron chi connectivity index (χ2n) is 16.8. The second-order valence-corrected chi connectivity index (χ2v) is 16.8. The van der Waals surface area contributed by atoms with Crippen LogP contribution >= 0.6 is 0 Å². The van der Waals surface area contributed by atoms with Gasteiger partial charge in [-0.3, -0.25) is 0 Å². The first-order chi connectivity index (χ1) is 32.8. The Hall–Kier alpha value is -8.72. The van der Waals surface area contributed by atoms with Crippen LogP contribution in [0.15, 0.2) is 267 Å². The molecule has 0 amide bonds. The molecule has 0 radical (unpaired) electrons. The fraction of sp³-hybridized carbons (Fsp3) is 0. The van der Waals surface area contributed by atoms with E-state index in [2.05, 4.69) is 276 Å². The summed E-state index contributed by atoms with van der Waals surface area (Å²) in [6.07, 6.45) is 0. The van der Waals surface area contributed by atoms with Crippen LogP contribution in [0.1, 0.15) is 0 Å².